The van der Waals surface area contributed by atoms with Crippen molar-refractivity contribution in [1.29, 1.82) is 0 Å². The van der Waals surface area contributed by atoms with Crippen molar-refractivity contribution in [3.63, 3.8) is 0 Å². The minimum atomic E-state index is -0.709. The van der Waals surface area contributed by atoms with Gasteiger partial charge in [-0.2, -0.15) is 0 Å². The monoisotopic (exact) mass is 792 g/mol. The molecule has 2 fully saturated rings. The predicted molar refractivity (Wildman–Crippen MR) is 235 cm³/mol. The van der Waals surface area contributed by atoms with Gasteiger partial charge in [-0.15, -0.1) is 0 Å². The van der Waals surface area contributed by atoms with Gasteiger partial charge in [-0.25, -0.2) is 0 Å². The molecule has 7 heteroatoms. The standard InChI is InChI=1S/C51H68O7/c1-13-50(14-2,57-48-35(9)21-41(22-36(48)10)40-19-33(7)47(34(8)20-40)56-30-45-29-54-45)25-43(52)27-55-46-31(5)17-39(18-32(46)6)42-23-37(11)49(38(12)24-42)58-51(15-3,16-4)26-44-28-53-44/h17-24,43-45,52H,13-16,25-30H2,1-12H3/t43?,44-,45+/m0/s1. The lowest BCUT2D eigenvalue weighted by molar-refractivity contribution is -0.0107. The van der Waals surface area contributed by atoms with E-state index in [1.165, 1.54) is 0 Å². The van der Waals surface area contributed by atoms with Crippen molar-refractivity contribution in [3.8, 4) is 45.3 Å². The van der Waals surface area contributed by atoms with E-state index in [0.717, 1.165) is 135 Å². The average molecular weight is 793 g/mol. The second kappa shape index (κ2) is 18.1. The quantitative estimate of drug-likeness (QED) is 0.0892. The highest BCUT2D eigenvalue weighted by atomic mass is 16.6. The van der Waals surface area contributed by atoms with Gasteiger partial charge >= 0.3 is 0 Å². The van der Waals surface area contributed by atoms with Crippen LogP contribution in [0.4, 0.5) is 0 Å². The van der Waals surface area contributed by atoms with Crippen LogP contribution >= 0.6 is 0 Å². The molecule has 0 spiro atoms. The summed E-state index contributed by atoms with van der Waals surface area (Å²) in [6, 6.07) is 17.7. The summed E-state index contributed by atoms with van der Waals surface area (Å²) in [5, 5.41) is 11.5. The van der Waals surface area contributed by atoms with E-state index in [2.05, 4.69) is 132 Å². The minimum absolute atomic E-state index is 0.182. The number of epoxide rings is 2. The molecule has 0 bridgehead atoms. The highest BCUT2D eigenvalue weighted by Crippen LogP contribution is 2.41. The van der Waals surface area contributed by atoms with E-state index >= 15 is 0 Å². The first-order valence-electron chi connectivity index (χ1n) is 21.6. The molecule has 1 N–H and O–H groups in total. The summed E-state index contributed by atoms with van der Waals surface area (Å²) in [5.41, 5.74) is 12.6. The molecule has 0 saturated carbocycles. The van der Waals surface area contributed by atoms with Gasteiger partial charge < -0.3 is 33.5 Å². The smallest absolute Gasteiger partial charge is 0.125 e. The molecule has 3 atom stereocenters. The highest BCUT2D eigenvalue weighted by molar-refractivity contribution is 5.71. The van der Waals surface area contributed by atoms with Crippen molar-refractivity contribution in [1.82, 2.24) is 0 Å². The molecule has 1 unspecified atom stereocenters. The number of aliphatic hydroxyl groups is 1. The van der Waals surface area contributed by atoms with Crippen LogP contribution in [0.2, 0.25) is 0 Å². The van der Waals surface area contributed by atoms with Crippen LogP contribution < -0.4 is 18.9 Å². The van der Waals surface area contributed by atoms with Gasteiger partial charge in [0.05, 0.1) is 25.4 Å². The molecule has 2 aliphatic heterocycles. The molecule has 314 valence electrons. The van der Waals surface area contributed by atoms with Crippen molar-refractivity contribution in [2.75, 3.05) is 26.4 Å². The van der Waals surface area contributed by atoms with E-state index in [0.29, 0.717) is 19.1 Å². The molecule has 58 heavy (non-hydrogen) atoms. The molecule has 0 aromatic heterocycles. The Kier molecular flexibility index (Phi) is 13.6. The van der Waals surface area contributed by atoms with Crippen LogP contribution in [0.25, 0.3) is 22.3 Å². The molecule has 4 aromatic rings. The molecule has 7 nitrogen and oxygen atoms in total. The van der Waals surface area contributed by atoms with E-state index in [1.807, 2.05) is 0 Å². The third kappa shape index (κ3) is 10.0. The molecular weight excluding hydrogens is 725 g/mol. The second-order valence-electron chi connectivity index (χ2n) is 17.3. The van der Waals surface area contributed by atoms with Crippen molar-refractivity contribution in [2.45, 2.75) is 151 Å². The zero-order chi connectivity index (χ0) is 41.9. The third-order valence-corrected chi connectivity index (χ3v) is 12.6. The Morgan fingerprint density at radius 3 is 1.19 bits per heavy atom. The Balaban J connectivity index is 1.12. The largest absolute Gasteiger partial charge is 0.490 e. The number of rotatable bonds is 20. The van der Waals surface area contributed by atoms with E-state index in [1.54, 1.807) is 0 Å². The van der Waals surface area contributed by atoms with Crippen molar-refractivity contribution in [3.05, 3.63) is 93.0 Å². The van der Waals surface area contributed by atoms with Crippen LogP contribution in [0.1, 0.15) is 111 Å². The normalized spacial score (nSPS) is 16.9. The fourth-order valence-corrected chi connectivity index (χ4v) is 8.74. The van der Waals surface area contributed by atoms with Gasteiger partial charge in [0.15, 0.2) is 0 Å². The van der Waals surface area contributed by atoms with E-state index in [-0.39, 0.29) is 18.3 Å². The Morgan fingerprint density at radius 1 is 0.517 bits per heavy atom. The van der Waals surface area contributed by atoms with Gasteiger partial charge in [0.2, 0.25) is 0 Å². The molecule has 2 saturated heterocycles. The minimum Gasteiger partial charge on any atom is -0.490 e. The van der Waals surface area contributed by atoms with Crippen LogP contribution in [0.5, 0.6) is 23.0 Å². The fraction of sp³-hybridized carbons (Fsp3) is 0.529. The molecule has 2 aliphatic rings. The number of hydrogen-bond acceptors (Lipinski definition) is 7. The van der Waals surface area contributed by atoms with Crippen LogP contribution in [-0.4, -0.2) is 61.0 Å². The van der Waals surface area contributed by atoms with Gasteiger partial charge in [0.1, 0.15) is 53.5 Å². The molecule has 6 rings (SSSR count). The zero-order valence-corrected chi connectivity index (χ0v) is 37.3. The number of hydrogen-bond donors (Lipinski definition) is 1. The first-order valence-corrected chi connectivity index (χ1v) is 21.6. The Bertz CT molecular complexity index is 1970. The molecular formula is C51H68O7. The maximum Gasteiger partial charge on any atom is 0.125 e. The van der Waals surface area contributed by atoms with Crippen LogP contribution in [0.3, 0.4) is 0 Å². The Labute approximate surface area is 348 Å². The first-order chi connectivity index (χ1) is 27.6. The predicted octanol–water partition coefficient (Wildman–Crippen LogP) is 11.8. The molecule has 2 heterocycles. The summed E-state index contributed by atoms with van der Waals surface area (Å²) < 4.78 is 37.2. The maximum absolute atomic E-state index is 11.5. The number of aryl methyl sites for hydroxylation is 8. The van der Waals surface area contributed by atoms with Gasteiger partial charge in [-0.05, 0) is 196 Å². The lowest BCUT2D eigenvalue weighted by Gasteiger charge is -2.36. The lowest BCUT2D eigenvalue weighted by Crippen LogP contribution is -2.40. The van der Waals surface area contributed by atoms with Gasteiger partial charge in [0, 0.05) is 12.8 Å². The summed E-state index contributed by atoms with van der Waals surface area (Å²) in [6.45, 7) is 28.0. The molecule has 0 aliphatic carbocycles. The zero-order valence-electron chi connectivity index (χ0n) is 37.3. The second-order valence-corrected chi connectivity index (χ2v) is 17.3. The average Bonchev–Trinajstić information content (AvgIpc) is 4.13. The third-order valence-electron chi connectivity index (χ3n) is 12.6. The summed E-state index contributed by atoms with van der Waals surface area (Å²) in [6.07, 6.45) is 4.63. The topological polar surface area (TPSA) is 82.2 Å². The Hall–Kier alpha value is -4.04. The van der Waals surface area contributed by atoms with Crippen LogP contribution in [-0.2, 0) is 9.47 Å². The van der Waals surface area contributed by atoms with E-state index < -0.39 is 11.7 Å². The fourth-order valence-electron chi connectivity index (χ4n) is 8.74. The maximum atomic E-state index is 11.5. The van der Waals surface area contributed by atoms with E-state index in [4.69, 9.17) is 28.4 Å². The summed E-state index contributed by atoms with van der Waals surface area (Å²) in [7, 11) is 0. The number of ether oxygens (including phenoxy) is 6. The number of aliphatic hydroxyl groups excluding tert-OH is 1. The Morgan fingerprint density at radius 2 is 0.845 bits per heavy atom. The van der Waals surface area contributed by atoms with Crippen LogP contribution in [0.15, 0.2) is 48.5 Å². The lowest BCUT2D eigenvalue weighted by atomic mass is 9.89. The molecule has 0 radical (unpaired) electrons. The molecule has 0 amide bonds. The van der Waals surface area contributed by atoms with Crippen molar-refractivity contribution in [2.24, 2.45) is 0 Å². The number of benzene rings is 4. The molecule has 4 aromatic carbocycles. The SMILES string of the molecule is CCC(CC)(CC(O)COc1c(C)cc(-c2cc(C)c(OC(CC)(CC)C[C@H]3CO3)c(C)c2)cc1C)Oc1c(C)cc(-c2cc(C)c(OC[C@H]3CO3)c(C)c2)cc1C. The van der Waals surface area contributed by atoms with Gasteiger partial charge in [0.25, 0.3) is 0 Å². The van der Waals surface area contributed by atoms with Gasteiger partial charge in [-0.1, -0.05) is 27.7 Å². The van der Waals surface area contributed by atoms with Gasteiger partial charge in [-0.3, -0.25) is 0 Å². The first kappa shape index (κ1) is 43.5. The summed E-state index contributed by atoms with van der Waals surface area (Å²) in [5.74, 6) is 3.62. The summed E-state index contributed by atoms with van der Waals surface area (Å²) >= 11 is 0. The summed E-state index contributed by atoms with van der Waals surface area (Å²) in [4.78, 5) is 0. The van der Waals surface area contributed by atoms with E-state index in [9.17, 15) is 5.11 Å². The van der Waals surface area contributed by atoms with Crippen molar-refractivity contribution >= 4 is 0 Å². The highest BCUT2D eigenvalue weighted by Gasteiger charge is 2.38. The van der Waals surface area contributed by atoms with Crippen LogP contribution in [0, 0.1) is 55.4 Å². The van der Waals surface area contributed by atoms with Crippen molar-refractivity contribution < 1.29 is 33.5 Å².